The van der Waals surface area contributed by atoms with Gasteiger partial charge in [0, 0.05) is 30.7 Å². The molecule has 0 bridgehead atoms. The predicted octanol–water partition coefficient (Wildman–Crippen LogP) is 2.06. The van der Waals surface area contributed by atoms with Crippen molar-refractivity contribution in [1.29, 1.82) is 0 Å². The molecule has 0 amide bonds. The van der Waals surface area contributed by atoms with Gasteiger partial charge in [-0.05, 0) is 33.8 Å². The minimum absolute atomic E-state index is 0.0177. The van der Waals surface area contributed by atoms with Gasteiger partial charge in [-0.2, -0.15) is 5.10 Å². The van der Waals surface area contributed by atoms with Crippen LogP contribution >= 0.6 is 0 Å². The van der Waals surface area contributed by atoms with Crippen molar-refractivity contribution in [1.82, 2.24) is 18.9 Å². The van der Waals surface area contributed by atoms with E-state index >= 15 is 0 Å². The fourth-order valence-corrected chi connectivity index (χ4v) is 1.87. The number of aromatic nitrogens is 4. The standard InChI is InChI=1S/C13H20N4O/c1-10(2)16-8-7-15(13(16)18)9-12-5-6-17(14-12)11(3)4/h5-8,10-11H,9H2,1-4H3. The van der Waals surface area contributed by atoms with Crippen LogP contribution in [-0.2, 0) is 6.54 Å². The number of nitrogens with zero attached hydrogens (tertiary/aromatic N) is 4. The first kappa shape index (κ1) is 12.7. The summed E-state index contributed by atoms with van der Waals surface area (Å²) in [6, 6.07) is 2.49. The smallest absolute Gasteiger partial charge is 0.297 e. The molecule has 0 aliphatic heterocycles. The third kappa shape index (κ3) is 2.39. The van der Waals surface area contributed by atoms with Crippen LogP contribution in [0.3, 0.4) is 0 Å². The summed E-state index contributed by atoms with van der Waals surface area (Å²) in [6.45, 7) is 8.69. The molecule has 2 aromatic heterocycles. The molecule has 0 aromatic carbocycles. The van der Waals surface area contributed by atoms with Crippen molar-refractivity contribution >= 4 is 0 Å². The first-order valence-corrected chi connectivity index (χ1v) is 6.30. The van der Waals surface area contributed by atoms with Crippen molar-refractivity contribution in [2.24, 2.45) is 0 Å². The summed E-state index contributed by atoms with van der Waals surface area (Å²) in [5.74, 6) is 0. The van der Waals surface area contributed by atoms with Crippen LogP contribution in [0.2, 0.25) is 0 Å². The van der Waals surface area contributed by atoms with Crippen LogP contribution in [0, 0.1) is 0 Å². The maximum Gasteiger partial charge on any atom is 0.328 e. The van der Waals surface area contributed by atoms with Gasteiger partial charge < -0.3 is 0 Å². The van der Waals surface area contributed by atoms with E-state index in [-0.39, 0.29) is 11.7 Å². The summed E-state index contributed by atoms with van der Waals surface area (Å²) in [5.41, 5.74) is 0.927. The average Bonchev–Trinajstić information content (AvgIpc) is 2.87. The van der Waals surface area contributed by atoms with Crippen LogP contribution in [0.1, 0.15) is 45.5 Å². The van der Waals surface area contributed by atoms with Gasteiger partial charge in [0.25, 0.3) is 0 Å². The van der Waals surface area contributed by atoms with E-state index in [1.807, 2.05) is 43.2 Å². The lowest BCUT2D eigenvalue weighted by atomic mass is 10.4. The van der Waals surface area contributed by atoms with Crippen LogP contribution in [0.15, 0.2) is 29.5 Å². The van der Waals surface area contributed by atoms with Gasteiger partial charge in [-0.15, -0.1) is 0 Å². The van der Waals surface area contributed by atoms with Gasteiger partial charge in [-0.25, -0.2) is 4.79 Å². The first-order chi connectivity index (χ1) is 8.49. The third-order valence-electron chi connectivity index (χ3n) is 2.96. The van der Waals surface area contributed by atoms with Crippen LogP contribution in [-0.4, -0.2) is 18.9 Å². The zero-order valence-electron chi connectivity index (χ0n) is 11.4. The summed E-state index contributed by atoms with van der Waals surface area (Å²) >= 11 is 0. The normalized spacial score (nSPS) is 11.7. The fraction of sp³-hybridized carbons (Fsp3) is 0.538. The SMILES string of the molecule is CC(C)n1ccc(Cn2ccn(C(C)C)c2=O)n1. The van der Waals surface area contributed by atoms with Crippen molar-refractivity contribution in [3.05, 3.63) is 40.8 Å². The molecule has 0 fully saturated rings. The maximum absolute atomic E-state index is 12.0. The molecule has 0 N–H and O–H groups in total. The molecular weight excluding hydrogens is 228 g/mol. The Balaban J connectivity index is 2.21. The monoisotopic (exact) mass is 248 g/mol. The van der Waals surface area contributed by atoms with Gasteiger partial charge >= 0.3 is 5.69 Å². The number of rotatable bonds is 4. The van der Waals surface area contributed by atoms with E-state index in [2.05, 4.69) is 18.9 Å². The second-order valence-electron chi connectivity index (χ2n) is 5.09. The lowest BCUT2D eigenvalue weighted by Gasteiger charge is -2.05. The largest absolute Gasteiger partial charge is 0.328 e. The second-order valence-corrected chi connectivity index (χ2v) is 5.09. The van der Waals surface area contributed by atoms with Crippen LogP contribution in [0.4, 0.5) is 0 Å². The molecule has 0 atom stereocenters. The van der Waals surface area contributed by atoms with E-state index in [4.69, 9.17) is 0 Å². The summed E-state index contributed by atoms with van der Waals surface area (Å²) in [6.07, 6.45) is 5.59. The number of hydrogen-bond donors (Lipinski definition) is 0. The van der Waals surface area contributed by atoms with Gasteiger partial charge in [-0.1, -0.05) is 0 Å². The van der Waals surface area contributed by atoms with Gasteiger partial charge in [-0.3, -0.25) is 13.8 Å². The quantitative estimate of drug-likeness (QED) is 0.831. The van der Waals surface area contributed by atoms with E-state index in [0.717, 1.165) is 5.69 Å². The molecule has 2 rings (SSSR count). The highest BCUT2D eigenvalue weighted by atomic mass is 16.1. The molecule has 2 aromatic rings. The summed E-state index contributed by atoms with van der Waals surface area (Å²) in [5, 5.41) is 4.45. The Morgan fingerprint density at radius 3 is 2.33 bits per heavy atom. The van der Waals surface area contributed by atoms with E-state index in [9.17, 15) is 4.79 Å². The summed E-state index contributed by atoms with van der Waals surface area (Å²) < 4.78 is 5.31. The molecule has 0 aliphatic rings. The molecule has 0 saturated heterocycles. The topological polar surface area (TPSA) is 44.8 Å². The maximum atomic E-state index is 12.0. The third-order valence-corrected chi connectivity index (χ3v) is 2.96. The van der Waals surface area contributed by atoms with Crippen molar-refractivity contribution in [2.75, 3.05) is 0 Å². The molecule has 0 spiro atoms. The Morgan fingerprint density at radius 1 is 1.11 bits per heavy atom. The van der Waals surface area contributed by atoms with Crippen molar-refractivity contribution < 1.29 is 0 Å². The molecule has 98 valence electrons. The molecule has 0 saturated carbocycles. The molecule has 0 unspecified atom stereocenters. The van der Waals surface area contributed by atoms with Crippen molar-refractivity contribution in [2.45, 2.75) is 46.3 Å². The highest BCUT2D eigenvalue weighted by Gasteiger charge is 2.08. The Labute approximate surface area is 107 Å². The highest BCUT2D eigenvalue weighted by molar-refractivity contribution is 5.01. The molecule has 5 nitrogen and oxygen atoms in total. The molecular formula is C13H20N4O. The summed E-state index contributed by atoms with van der Waals surface area (Å²) in [4.78, 5) is 12.0. The van der Waals surface area contributed by atoms with Crippen LogP contribution < -0.4 is 5.69 Å². The predicted molar refractivity (Wildman–Crippen MR) is 70.8 cm³/mol. The van der Waals surface area contributed by atoms with Crippen LogP contribution in [0.25, 0.3) is 0 Å². The molecule has 0 aliphatic carbocycles. The Kier molecular flexibility index (Phi) is 3.41. The number of hydrogen-bond acceptors (Lipinski definition) is 2. The van der Waals surface area contributed by atoms with Crippen molar-refractivity contribution in [3.8, 4) is 0 Å². The van der Waals surface area contributed by atoms with Crippen LogP contribution in [0.5, 0.6) is 0 Å². The zero-order valence-corrected chi connectivity index (χ0v) is 11.4. The van der Waals surface area contributed by atoms with E-state index in [0.29, 0.717) is 12.6 Å². The van der Waals surface area contributed by atoms with Gasteiger partial charge in [0.15, 0.2) is 0 Å². The summed E-state index contributed by atoms with van der Waals surface area (Å²) in [7, 11) is 0. The minimum atomic E-state index is 0.0177. The zero-order chi connectivity index (χ0) is 13.3. The molecule has 0 radical (unpaired) electrons. The lowest BCUT2D eigenvalue weighted by Crippen LogP contribution is -2.25. The Bertz CT molecular complexity index is 574. The van der Waals surface area contributed by atoms with E-state index < -0.39 is 0 Å². The van der Waals surface area contributed by atoms with Crippen molar-refractivity contribution in [3.63, 3.8) is 0 Å². The lowest BCUT2D eigenvalue weighted by molar-refractivity contribution is 0.520. The first-order valence-electron chi connectivity index (χ1n) is 6.30. The van der Waals surface area contributed by atoms with E-state index in [1.165, 1.54) is 0 Å². The van der Waals surface area contributed by atoms with Gasteiger partial charge in [0.05, 0.1) is 12.2 Å². The Morgan fingerprint density at radius 2 is 1.83 bits per heavy atom. The minimum Gasteiger partial charge on any atom is -0.297 e. The highest BCUT2D eigenvalue weighted by Crippen LogP contribution is 2.06. The van der Waals surface area contributed by atoms with Gasteiger partial charge in [0.1, 0.15) is 0 Å². The Hall–Kier alpha value is -1.78. The molecule has 5 heteroatoms. The van der Waals surface area contributed by atoms with E-state index in [1.54, 1.807) is 9.13 Å². The fourth-order valence-electron chi connectivity index (χ4n) is 1.87. The molecule has 2 heterocycles. The second kappa shape index (κ2) is 4.84. The average molecular weight is 248 g/mol. The molecule has 18 heavy (non-hydrogen) atoms. The number of imidazole rings is 1. The van der Waals surface area contributed by atoms with Gasteiger partial charge in [0.2, 0.25) is 0 Å².